The van der Waals surface area contributed by atoms with E-state index in [2.05, 4.69) is 15.1 Å². The summed E-state index contributed by atoms with van der Waals surface area (Å²) in [5.41, 5.74) is 0.823. The summed E-state index contributed by atoms with van der Waals surface area (Å²) in [6.07, 6.45) is 1.83. The Hall–Kier alpha value is -1.74. The third-order valence-electron chi connectivity index (χ3n) is 9.11. The zero-order valence-electron chi connectivity index (χ0n) is 22.3. The summed E-state index contributed by atoms with van der Waals surface area (Å²) in [4.78, 5) is 34.3. The fraction of sp³-hybridized carbons (Fsp3) is 0.290. The van der Waals surface area contributed by atoms with Crippen molar-refractivity contribution >= 4 is 93.2 Å². The molecule has 4 heterocycles. The maximum absolute atomic E-state index is 15.4. The minimum atomic E-state index is -1.33. The maximum Gasteiger partial charge on any atom is 0.250 e. The molecule has 0 saturated carbocycles. The first kappa shape index (κ1) is 29.0. The van der Waals surface area contributed by atoms with Crippen LogP contribution in [0.4, 0.5) is 5.69 Å². The number of likely N-dealkylation sites (tertiary alicyclic amines) is 1. The van der Waals surface area contributed by atoms with Crippen molar-refractivity contribution in [1.82, 2.24) is 9.80 Å². The average molecular weight is 680 g/mol. The van der Waals surface area contributed by atoms with E-state index in [1.807, 2.05) is 31.3 Å². The van der Waals surface area contributed by atoms with Gasteiger partial charge in [0.25, 0.3) is 5.91 Å². The van der Waals surface area contributed by atoms with Crippen LogP contribution in [0.5, 0.6) is 0 Å². The summed E-state index contributed by atoms with van der Waals surface area (Å²) in [5.74, 6) is 0.548. The minimum absolute atomic E-state index is 0.106. The Morgan fingerprint density at radius 3 is 2.36 bits per heavy atom. The highest BCUT2D eigenvalue weighted by molar-refractivity contribution is 7.99. The summed E-state index contributed by atoms with van der Waals surface area (Å²) < 4.78 is 0. The molecule has 0 radical (unpaired) electrons. The van der Waals surface area contributed by atoms with Crippen molar-refractivity contribution < 1.29 is 9.59 Å². The van der Waals surface area contributed by atoms with Crippen molar-refractivity contribution in [2.24, 2.45) is 5.41 Å². The van der Waals surface area contributed by atoms with Gasteiger partial charge in [-0.05, 0) is 66.7 Å². The van der Waals surface area contributed by atoms with Gasteiger partial charge in [0.05, 0.1) is 5.41 Å². The van der Waals surface area contributed by atoms with Crippen LogP contribution in [0.2, 0.25) is 25.1 Å². The number of nitrogens with one attached hydrogen (secondary N) is 1. The lowest BCUT2D eigenvalue weighted by molar-refractivity contribution is -0.146. The van der Waals surface area contributed by atoms with Gasteiger partial charge < -0.3 is 10.2 Å². The summed E-state index contributed by atoms with van der Waals surface area (Å²) in [6.45, 7) is 0.721. The molecule has 1 amide bonds. The molecule has 0 bridgehead atoms. The molecule has 42 heavy (non-hydrogen) atoms. The van der Waals surface area contributed by atoms with E-state index in [0.29, 0.717) is 66.5 Å². The van der Waals surface area contributed by atoms with Crippen molar-refractivity contribution in [3.63, 3.8) is 0 Å². The molecular weight excluding hydrogens is 656 g/mol. The Kier molecular flexibility index (Phi) is 7.20. The van der Waals surface area contributed by atoms with E-state index in [4.69, 9.17) is 58.0 Å². The van der Waals surface area contributed by atoms with Gasteiger partial charge in [0.1, 0.15) is 5.54 Å². The van der Waals surface area contributed by atoms with Gasteiger partial charge in [-0.1, -0.05) is 70.1 Å². The number of fused-ring (bicyclic) bond motifs is 5. The lowest BCUT2D eigenvalue weighted by Crippen LogP contribution is -2.65. The first-order valence-electron chi connectivity index (χ1n) is 13.4. The van der Waals surface area contributed by atoms with Crippen molar-refractivity contribution in [2.75, 3.05) is 37.1 Å². The molecule has 5 nitrogen and oxygen atoms in total. The van der Waals surface area contributed by atoms with E-state index in [1.165, 1.54) is 0 Å². The molecular formula is C31H24Cl5N3O2S. The van der Waals surface area contributed by atoms with Crippen molar-refractivity contribution in [3.8, 4) is 0 Å². The second-order valence-corrected chi connectivity index (χ2v) is 14.5. The van der Waals surface area contributed by atoms with Crippen molar-refractivity contribution in [2.45, 2.75) is 17.5 Å². The first-order chi connectivity index (χ1) is 20.1. The smallest absolute Gasteiger partial charge is 0.250 e. The highest BCUT2D eigenvalue weighted by Gasteiger charge is 2.78. The van der Waals surface area contributed by atoms with Gasteiger partial charge in [-0.2, -0.15) is 0 Å². The lowest BCUT2D eigenvalue weighted by atomic mass is 9.55. The number of rotatable bonds is 2. The number of Topliss-reactive ketones (excluding diaryl/α,β-unsaturated/α-hetero) is 1. The molecule has 4 aliphatic heterocycles. The topological polar surface area (TPSA) is 52.7 Å². The summed E-state index contributed by atoms with van der Waals surface area (Å²) in [5, 5.41) is 5.54. The molecule has 0 aliphatic carbocycles. The van der Waals surface area contributed by atoms with Gasteiger partial charge in [0.2, 0.25) is 0 Å². The SMILES string of the molecule is CN1C/C(=C\c2ccc(Cl)cc2Cl)C(=O)[C@]2(C1)[C@@H](c1ccc(Cl)cc1Cl)[C@@H]1CSCN1[C@@]21C(=O)Nc2ccc(Cl)cc21. The summed E-state index contributed by atoms with van der Waals surface area (Å²) in [6, 6.07) is 15.9. The van der Waals surface area contributed by atoms with Crippen LogP contribution in [0.15, 0.2) is 60.2 Å². The second kappa shape index (κ2) is 10.4. The number of benzene rings is 3. The molecule has 216 valence electrons. The molecule has 3 fully saturated rings. The molecule has 0 aromatic heterocycles. The lowest BCUT2D eigenvalue weighted by Gasteiger charge is -2.51. The normalized spacial score (nSPS) is 30.0. The number of ketones is 1. The van der Waals surface area contributed by atoms with Gasteiger partial charge in [-0.25, -0.2) is 0 Å². The van der Waals surface area contributed by atoms with E-state index in [1.54, 1.807) is 48.2 Å². The Morgan fingerprint density at radius 1 is 0.929 bits per heavy atom. The minimum Gasteiger partial charge on any atom is -0.324 e. The third-order valence-corrected chi connectivity index (χ3v) is 11.5. The largest absolute Gasteiger partial charge is 0.324 e. The zero-order valence-corrected chi connectivity index (χ0v) is 26.9. The highest BCUT2D eigenvalue weighted by atomic mass is 35.5. The number of amides is 1. The number of anilines is 1. The number of carbonyl (C=O) groups excluding carboxylic acids is 2. The molecule has 1 N–H and O–H groups in total. The van der Waals surface area contributed by atoms with Crippen LogP contribution in [-0.4, -0.2) is 59.3 Å². The number of nitrogens with zero attached hydrogens (tertiary/aromatic N) is 2. The molecule has 3 aromatic carbocycles. The Labute approximate surface area is 273 Å². The predicted molar refractivity (Wildman–Crippen MR) is 173 cm³/mol. The quantitative estimate of drug-likeness (QED) is 0.280. The molecule has 3 aromatic rings. The van der Waals surface area contributed by atoms with Gasteiger partial charge in [0, 0.05) is 78.6 Å². The number of likely N-dealkylation sites (N-methyl/N-ethyl adjacent to an activating group) is 1. The van der Waals surface area contributed by atoms with Gasteiger partial charge in [-0.3, -0.25) is 14.5 Å². The second-order valence-electron chi connectivity index (χ2n) is 11.3. The number of hydrogen-bond acceptors (Lipinski definition) is 5. The molecule has 4 aliphatic rings. The Morgan fingerprint density at radius 2 is 1.62 bits per heavy atom. The van der Waals surface area contributed by atoms with Gasteiger partial charge in [0.15, 0.2) is 5.78 Å². The molecule has 4 atom stereocenters. The van der Waals surface area contributed by atoms with E-state index >= 15 is 4.79 Å². The third kappa shape index (κ3) is 4.00. The standard InChI is InChI=1S/C31H24Cl5N3O2S/c1-38-12-17(8-16-2-3-19(33)10-23(16)35)28(40)30(14-38)27(21-6-4-20(34)11-24(21)36)26-13-42-15-39(26)31(30)22-9-18(32)5-7-25(22)37-29(31)41/h2-11,26-27H,12-15H2,1H3,(H,37,41)/b17-8+/t26-,27-,30-,31-/m0/s1. The molecule has 3 saturated heterocycles. The number of piperidine rings is 1. The van der Waals surface area contributed by atoms with E-state index < -0.39 is 16.9 Å². The van der Waals surface area contributed by atoms with E-state index in [-0.39, 0.29) is 17.7 Å². The number of carbonyl (C=O) groups is 2. The Bertz CT molecular complexity index is 1720. The van der Waals surface area contributed by atoms with Crippen molar-refractivity contribution in [3.05, 3.63) is 102 Å². The van der Waals surface area contributed by atoms with Crippen LogP contribution in [0.1, 0.15) is 22.6 Å². The molecule has 11 heteroatoms. The van der Waals surface area contributed by atoms with Crippen LogP contribution < -0.4 is 5.32 Å². The number of hydrogen-bond donors (Lipinski definition) is 1. The van der Waals surface area contributed by atoms with Gasteiger partial charge in [-0.15, -0.1) is 11.8 Å². The van der Waals surface area contributed by atoms with Crippen LogP contribution in [0, 0.1) is 5.41 Å². The maximum atomic E-state index is 15.4. The van der Waals surface area contributed by atoms with Crippen LogP contribution >= 0.6 is 69.8 Å². The summed E-state index contributed by atoms with van der Waals surface area (Å²) in [7, 11) is 1.98. The zero-order chi connectivity index (χ0) is 29.6. The van der Waals surface area contributed by atoms with Gasteiger partial charge >= 0.3 is 0 Å². The molecule has 2 spiro atoms. The number of halogens is 5. The van der Waals surface area contributed by atoms with Crippen molar-refractivity contribution in [1.29, 1.82) is 0 Å². The average Bonchev–Trinajstić information content (AvgIpc) is 3.57. The molecule has 7 rings (SSSR count). The monoisotopic (exact) mass is 677 g/mol. The highest BCUT2D eigenvalue weighted by Crippen LogP contribution is 2.69. The number of thioether (sulfide) groups is 1. The first-order valence-corrected chi connectivity index (χ1v) is 16.4. The van der Waals surface area contributed by atoms with E-state index in [9.17, 15) is 4.79 Å². The molecule has 0 unspecified atom stereocenters. The van der Waals surface area contributed by atoms with E-state index in [0.717, 1.165) is 11.3 Å². The fourth-order valence-corrected chi connectivity index (χ4v) is 10.2. The Balaban J connectivity index is 1.55. The predicted octanol–water partition coefficient (Wildman–Crippen LogP) is 7.86. The van der Waals surface area contributed by atoms with Crippen LogP contribution in [0.25, 0.3) is 6.08 Å². The summed E-state index contributed by atoms with van der Waals surface area (Å²) >= 11 is 34.4. The fourth-order valence-electron chi connectivity index (χ4n) is 7.74. The van der Waals surface area contributed by atoms with Crippen LogP contribution in [0.3, 0.4) is 0 Å². The van der Waals surface area contributed by atoms with Crippen LogP contribution in [-0.2, 0) is 15.1 Å².